The number of amides is 3. The third-order valence-electron chi connectivity index (χ3n) is 4.18. The lowest BCUT2D eigenvalue weighted by Gasteiger charge is -2.19. The summed E-state index contributed by atoms with van der Waals surface area (Å²) in [5, 5.41) is 5.29. The fourth-order valence-electron chi connectivity index (χ4n) is 2.81. The molecule has 4 N–H and O–H groups in total. The van der Waals surface area contributed by atoms with Crippen molar-refractivity contribution in [2.24, 2.45) is 5.73 Å². The Kier molecular flexibility index (Phi) is 6.11. The number of carbonyl (C=O) groups is 3. The first-order chi connectivity index (χ1) is 12.3. The highest BCUT2D eigenvalue weighted by molar-refractivity contribution is 6.04. The van der Waals surface area contributed by atoms with E-state index in [0.29, 0.717) is 12.1 Å². The molecule has 3 amide bonds. The van der Waals surface area contributed by atoms with Crippen LogP contribution in [-0.4, -0.2) is 23.8 Å². The second-order valence-corrected chi connectivity index (χ2v) is 6.23. The number of nitrogens with one attached hydrogen (secondary N) is 2. The zero-order chi connectivity index (χ0) is 19.3. The summed E-state index contributed by atoms with van der Waals surface area (Å²) in [7, 11) is 0. The van der Waals surface area contributed by atoms with Crippen molar-refractivity contribution < 1.29 is 14.4 Å². The van der Waals surface area contributed by atoms with Crippen LogP contribution in [0.3, 0.4) is 0 Å². The number of hydrogen-bond acceptors (Lipinski definition) is 3. The van der Waals surface area contributed by atoms with Crippen molar-refractivity contribution in [3.8, 4) is 0 Å². The summed E-state index contributed by atoms with van der Waals surface area (Å²) in [6, 6.07) is 11.6. The third kappa shape index (κ3) is 4.69. The van der Waals surface area contributed by atoms with E-state index in [1.54, 1.807) is 24.3 Å². The standard InChI is InChI=1S/C20H23N3O3/c1-12-7-6-8-13(2)16(12)11-18(19(21)25)23-20(26)15-9-4-5-10-17(15)22-14(3)24/h4-10,18H,11H2,1-3H3,(H2,21,25)(H,22,24)(H,23,26)/t18-/m1/s1. The first-order valence-corrected chi connectivity index (χ1v) is 8.31. The molecule has 0 unspecified atom stereocenters. The molecule has 0 heterocycles. The minimum atomic E-state index is -0.854. The van der Waals surface area contributed by atoms with Gasteiger partial charge in [0, 0.05) is 13.3 Å². The minimum absolute atomic E-state index is 0.274. The average Bonchev–Trinajstić information content (AvgIpc) is 2.56. The molecule has 6 nitrogen and oxygen atoms in total. The maximum absolute atomic E-state index is 12.7. The zero-order valence-corrected chi connectivity index (χ0v) is 15.1. The van der Waals surface area contributed by atoms with Crippen LogP contribution in [0.2, 0.25) is 0 Å². The number of primary amides is 1. The van der Waals surface area contributed by atoms with Gasteiger partial charge in [0.25, 0.3) is 5.91 Å². The summed E-state index contributed by atoms with van der Waals surface area (Å²) in [4.78, 5) is 35.9. The molecule has 0 spiro atoms. The van der Waals surface area contributed by atoms with Gasteiger partial charge in [0.15, 0.2) is 0 Å². The second-order valence-electron chi connectivity index (χ2n) is 6.23. The van der Waals surface area contributed by atoms with Gasteiger partial charge in [0.1, 0.15) is 6.04 Å². The number of aryl methyl sites for hydroxylation is 2. The molecule has 0 saturated heterocycles. The van der Waals surface area contributed by atoms with Gasteiger partial charge in [-0.15, -0.1) is 0 Å². The van der Waals surface area contributed by atoms with E-state index in [9.17, 15) is 14.4 Å². The first-order valence-electron chi connectivity index (χ1n) is 8.31. The lowest BCUT2D eigenvalue weighted by molar-refractivity contribution is -0.119. The molecular weight excluding hydrogens is 330 g/mol. The molecule has 0 bridgehead atoms. The van der Waals surface area contributed by atoms with Crippen molar-refractivity contribution >= 4 is 23.4 Å². The van der Waals surface area contributed by atoms with E-state index in [4.69, 9.17) is 5.73 Å². The van der Waals surface area contributed by atoms with Gasteiger partial charge in [-0.2, -0.15) is 0 Å². The van der Waals surface area contributed by atoms with Crippen LogP contribution in [0.15, 0.2) is 42.5 Å². The highest BCUT2D eigenvalue weighted by atomic mass is 16.2. The van der Waals surface area contributed by atoms with Crippen molar-refractivity contribution in [3.63, 3.8) is 0 Å². The molecule has 2 rings (SSSR count). The van der Waals surface area contributed by atoms with Crippen LogP contribution in [0.25, 0.3) is 0 Å². The Morgan fingerprint density at radius 1 is 1.00 bits per heavy atom. The monoisotopic (exact) mass is 353 g/mol. The Bertz CT molecular complexity index is 826. The number of benzene rings is 2. The number of rotatable bonds is 6. The summed E-state index contributed by atoms with van der Waals surface area (Å²) in [6.45, 7) is 5.27. The summed E-state index contributed by atoms with van der Waals surface area (Å²) in [5.74, 6) is -1.37. The van der Waals surface area contributed by atoms with Gasteiger partial charge in [-0.3, -0.25) is 14.4 Å². The summed E-state index contributed by atoms with van der Waals surface area (Å²) in [5.41, 5.74) is 9.20. The topological polar surface area (TPSA) is 101 Å². The highest BCUT2D eigenvalue weighted by Gasteiger charge is 2.22. The largest absolute Gasteiger partial charge is 0.368 e. The van der Waals surface area contributed by atoms with Crippen molar-refractivity contribution in [2.45, 2.75) is 33.2 Å². The predicted octanol–water partition coefficient (Wildman–Crippen LogP) is 2.09. The van der Waals surface area contributed by atoms with E-state index >= 15 is 0 Å². The normalized spacial score (nSPS) is 11.5. The van der Waals surface area contributed by atoms with Gasteiger partial charge in [0.2, 0.25) is 11.8 Å². The van der Waals surface area contributed by atoms with Crippen LogP contribution in [-0.2, 0) is 16.0 Å². The fourth-order valence-corrected chi connectivity index (χ4v) is 2.81. The van der Waals surface area contributed by atoms with Crippen molar-refractivity contribution in [2.75, 3.05) is 5.32 Å². The molecule has 0 saturated carbocycles. The zero-order valence-electron chi connectivity index (χ0n) is 15.1. The molecule has 1 atom stereocenters. The molecule has 0 aliphatic carbocycles. The number of para-hydroxylation sites is 1. The van der Waals surface area contributed by atoms with Crippen molar-refractivity contribution in [1.82, 2.24) is 5.32 Å². The predicted molar refractivity (Wildman–Crippen MR) is 101 cm³/mol. The molecule has 0 aromatic heterocycles. The molecule has 0 aliphatic heterocycles. The quantitative estimate of drug-likeness (QED) is 0.741. The number of hydrogen-bond donors (Lipinski definition) is 3. The van der Waals surface area contributed by atoms with Crippen molar-refractivity contribution in [1.29, 1.82) is 0 Å². The first kappa shape index (κ1) is 19.2. The van der Waals surface area contributed by atoms with E-state index in [1.807, 2.05) is 32.0 Å². The Morgan fingerprint density at radius 2 is 1.62 bits per heavy atom. The van der Waals surface area contributed by atoms with E-state index < -0.39 is 17.9 Å². The number of carbonyl (C=O) groups excluding carboxylic acids is 3. The molecule has 0 fully saturated rings. The van der Waals surface area contributed by atoms with E-state index in [2.05, 4.69) is 10.6 Å². The van der Waals surface area contributed by atoms with Crippen LogP contribution < -0.4 is 16.4 Å². The Labute approximate surface area is 152 Å². The molecule has 2 aromatic rings. The summed E-state index contributed by atoms with van der Waals surface area (Å²) < 4.78 is 0. The Balaban J connectivity index is 2.24. The van der Waals surface area contributed by atoms with E-state index in [-0.39, 0.29) is 11.5 Å². The summed E-state index contributed by atoms with van der Waals surface area (Å²) in [6.07, 6.45) is 0.307. The maximum Gasteiger partial charge on any atom is 0.254 e. The molecule has 136 valence electrons. The number of nitrogens with two attached hydrogens (primary N) is 1. The van der Waals surface area contributed by atoms with E-state index in [1.165, 1.54) is 6.92 Å². The van der Waals surface area contributed by atoms with Crippen LogP contribution in [0.4, 0.5) is 5.69 Å². The van der Waals surface area contributed by atoms with Crippen LogP contribution in [0.1, 0.15) is 34.0 Å². The molecule has 0 radical (unpaired) electrons. The molecule has 2 aromatic carbocycles. The molecular formula is C20H23N3O3. The second kappa shape index (κ2) is 8.29. The van der Waals surface area contributed by atoms with Crippen LogP contribution in [0, 0.1) is 13.8 Å². The maximum atomic E-state index is 12.7. The lowest BCUT2D eigenvalue weighted by atomic mass is 9.96. The van der Waals surface area contributed by atoms with Crippen LogP contribution >= 0.6 is 0 Å². The highest BCUT2D eigenvalue weighted by Crippen LogP contribution is 2.18. The molecule has 26 heavy (non-hydrogen) atoms. The number of anilines is 1. The molecule has 0 aliphatic rings. The minimum Gasteiger partial charge on any atom is -0.368 e. The Morgan fingerprint density at radius 3 is 2.19 bits per heavy atom. The SMILES string of the molecule is CC(=O)Nc1ccccc1C(=O)N[C@H](Cc1c(C)cccc1C)C(N)=O. The van der Waals surface area contributed by atoms with Crippen LogP contribution in [0.5, 0.6) is 0 Å². The smallest absolute Gasteiger partial charge is 0.254 e. The van der Waals surface area contributed by atoms with Gasteiger partial charge in [-0.05, 0) is 42.7 Å². The average molecular weight is 353 g/mol. The van der Waals surface area contributed by atoms with Gasteiger partial charge in [-0.1, -0.05) is 30.3 Å². The Hall–Kier alpha value is -3.15. The van der Waals surface area contributed by atoms with Gasteiger partial charge in [0.05, 0.1) is 11.3 Å². The lowest BCUT2D eigenvalue weighted by Crippen LogP contribution is -2.46. The van der Waals surface area contributed by atoms with Gasteiger partial charge < -0.3 is 16.4 Å². The fraction of sp³-hybridized carbons (Fsp3) is 0.250. The van der Waals surface area contributed by atoms with Gasteiger partial charge >= 0.3 is 0 Å². The van der Waals surface area contributed by atoms with Gasteiger partial charge in [-0.25, -0.2) is 0 Å². The van der Waals surface area contributed by atoms with E-state index in [0.717, 1.165) is 16.7 Å². The summed E-state index contributed by atoms with van der Waals surface area (Å²) >= 11 is 0. The molecule has 6 heteroatoms. The third-order valence-corrected chi connectivity index (χ3v) is 4.18. The van der Waals surface area contributed by atoms with Crippen molar-refractivity contribution in [3.05, 3.63) is 64.7 Å².